The van der Waals surface area contributed by atoms with E-state index < -0.39 is 18.1 Å². The molecule has 154 valence electrons. The topological polar surface area (TPSA) is 111 Å². The Labute approximate surface area is 164 Å². The number of rotatable bonds is 8. The largest absolute Gasteiger partial charge is 0.497 e. The lowest BCUT2D eigenvalue weighted by Gasteiger charge is -2.33. The van der Waals surface area contributed by atoms with Crippen LogP contribution in [0.5, 0.6) is 5.75 Å². The first-order chi connectivity index (χ1) is 13.5. The Hall–Kier alpha value is -2.65. The smallest absolute Gasteiger partial charge is 0.328 e. The molecule has 1 saturated heterocycles. The third kappa shape index (κ3) is 5.67. The molecular weight excluding hydrogens is 366 g/mol. The number of nitrogens with two attached hydrogens (primary N) is 1. The van der Waals surface area contributed by atoms with E-state index in [0.717, 1.165) is 5.56 Å². The number of carbonyl (C=O) groups excluding carboxylic acids is 3. The number of amides is 2. The zero-order valence-corrected chi connectivity index (χ0v) is 16.5. The summed E-state index contributed by atoms with van der Waals surface area (Å²) in [5.74, 6) is -0.476. The Bertz CT molecular complexity index is 679. The molecule has 0 saturated carbocycles. The number of esters is 1. The number of ether oxygens (including phenoxy) is 3. The number of hydrogen-bond donors (Lipinski definition) is 2. The highest BCUT2D eigenvalue weighted by Gasteiger charge is 2.36. The minimum atomic E-state index is -0.854. The molecule has 0 aliphatic carbocycles. The average molecular weight is 394 g/mol. The van der Waals surface area contributed by atoms with E-state index in [2.05, 4.69) is 5.32 Å². The van der Waals surface area contributed by atoms with Gasteiger partial charge in [0.25, 0.3) is 0 Å². The standard InChI is InChI=1S/C19H27N3O6/c1-26-12-17(23)22-9-8-20-11-16(22)18(24)21-15(19(25)28-3)10-13-4-6-14(27-2)7-5-13/h4-7,15-16,20H,8-12H2,1-3H3,(H,21,24)/p+1/t15-,16-/m0/s1. The van der Waals surface area contributed by atoms with Crippen molar-refractivity contribution in [1.82, 2.24) is 10.2 Å². The molecule has 0 bridgehead atoms. The number of methoxy groups -OCH3 is 3. The zero-order valence-electron chi connectivity index (χ0n) is 16.5. The Morgan fingerprint density at radius 3 is 2.54 bits per heavy atom. The van der Waals surface area contributed by atoms with E-state index in [4.69, 9.17) is 14.2 Å². The number of benzene rings is 1. The van der Waals surface area contributed by atoms with Gasteiger partial charge in [-0.05, 0) is 17.7 Å². The van der Waals surface area contributed by atoms with E-state index >= 15 is 0 Å². The van der Waals surface area contributed by atoms with Gasteiger partial charge in [-0.3, -0.25) is 9.59 Å². The van der Waals surface area contributed by atoms with E-state index in [0.29, 0.717) is 25.4 Å². The molecule has 1 aromatic rings. The van der Waals surface area contributed by atoms with Crippen molar-refractivity contribution in [1.29, 1.82) is 0 Å². The van der Waals surface area contributed by atoms with Crippen LogP contribution >= 0.6 is 0 Å². The van der Waals surface area contributed by atoms with E-state index in [1.54, 1.807) is 19.2 Å². The molecule has 0 radical (unpaired) electrons. The fourth-order valence-electron chi connectivity index (χ4n) is 3.14. The van der Waals surface area contributed by atoms with Crippen LogP contribution < -0.4 is 15.4 Å². The molecule has 1 aliphatic rings. The molecule has 0 spiro atoms. The van der Waals surface area contributed by atoms with Gasteiger partial charge < -0.3 is 29.7 Å². The normalized spacial score (nSPS) is 17.5. The Morgan fingerprint density at radius 1 is 1.21 bits per heavy atom. The van der Waals surface area contributed by atoms with Crippen molar-refractivity contribution in [3.63, 3.8) is 0 Å². The van der Waals surface area contributed by atoms with Crippen LogP contribution in [-0.2, 0) is 30.3 Å². The third-order valence-electron chi connectivity index (χ3n) is 4.63. The summed E-state index contributed by atoms with van der Waals surface area (Å²) in [5, 5.41) is 4.71. The van der Waals surface area contributed by atoms with Gasteiger partial charge in [0.1, 0.15) is 24.9 Å². The van der Waals surface area contributed by atoms with Crippen LogP contribution in [0.3, 0.4) is 0 Å². The van der Waals surface area contributed by atoms with Crippen molar-refractivity contribution in [2.45, 2.75) is 18.5 Å². The highest BCUT2D eigenvalue weighted by atomic mass is 16.5. The Kier molecular flexibility index (Phi) is 8.21. The van der Waals surface area contributed by atoms with Crippen molar-refractivity contribution < 1.29 is 33.9 Å². The van der Waals surface area contributed by atoms with Crippen molar-refractivity contribution in [2.24, 2.45) is 0 Å². The second-order valence-electron chi connectivity index (χ2n) is 6.49. The number of hydrogen-bond acceptors (Lipinski definition) is 6. The molecule has 28 heavy (non-hydrogen) atoms. The minimum Gasteiger partial charge on any atom is -0.497 e. The van der Waals surface area contributed by atoms with Crippen LogP contribution in [0.15, 0.2) is 24.3 Å². The maximum absolute atomic E-state index is 12.8. The second-order valence-corrected chi connectivity index (χ2v) is 6.49. The lowest BCUT2D eigenvalue weighted by molar-refractivity contribution is -0.665. The van der Waals surface area contributed by atoms with Crippen LogP contribution in [0.4, 0.5) is 0 Å². The molecule has 3 N–H and O–H groups in total. The summed E-state index contributed by atoms with van der Waals surface area (Å²) < 4.78 is 14.9. The average Bonchev–Trinajstić information content (AvgIpc) is 2.73. The fourth-order valence-corrected chi connectivity index (χ4v) is 3.14. The van der Waals surface area contributed by atoms with E-state index in [1.807, 2.05) is 17.4 Å². The van der Waals surface area contributed by atoms with Crippen LogP contribution in [-0.4, -0.2) is 82.3 Å². The molecule has 2 amide bonds. The number of piperazine rings is 1. The monoisotopic (exact) mass is 394 g/mol. The summed E-state index contributed by atoms with van der Waals surface area (Å²) in [6.45, 7) is 1.50. The maximum Gasteiger partial charge on any atom is 0.328 e. The molecule has 0 unspecified atom stereocenters. The molecule has 1 aliphatic heterocycles. The van der Waals surface area contributed by atoms with Crippen LogP contribution in [0.25, 0.3) is 0 Å². The lowest BCUT2D eigenvalue weighted by atomic mass is 10.0. The van der Waals surface area contributed by atoms with E-state index in [9.17, 15) is 14.4 Å². The first kappa shape index (κ1) is 21.6. The maximum atomic E-state index is 12.8. The predicted molar refractivity (Wildman–Crippen MR) is 99.7 cm³/mol. The van der Waals surface area contributed by atoms with Crippen molar-refractivity contribution in [3.05, 3.63) is 29.8 Å². The molecule has 1 heterocycles. The summed E-state index contributed by atoms with van der Waals surface area (Å²) in [6.07, 6.45) is 0.269. The van der Waals surface area contributed by atoms with Gasteiger partial charge >= 0.3 is 5.97 Å². The number of nitrogens with zero attached hydrogens (tertiary/aromatic N) is 1. The van der Waals surface area contributed by atoms with E-state index in [1.165, 1.54) is 19.1 Å². The van der Waals surface area contributed by atoms with Crippen molar-refractivity contribution in [3.8, 4) is 5.75 Å². The third-order valence-corrected chi connectivity index (χ3v) is 4.63. The summed E-state index contributed by atoms with van der Waals surface area (Å²) in [4.78, 5) is 38.8. The second kappa shape index (κ2) is 10.6. The summed E-state index contributed by atoms with van der Waals surface area (Å²) in [7, 11) is 4.29. The zero-order chi connectivity index (χ0) is 20.5. The molecule has 0 aromatic heterocycles. The quantitative estimate of drug-likeness (QED) is 0.510. The van der Waals surface area contributed by atoms with Gasteiger partial charge in [0.2, 0.25) is 11.8 Å². The first-order valence-corrected chi connectivity index (χ1v) is 9.11. The minimum absolute atomic E-state index is 0.0872. The summed E-state index contributed by atoms with van der Waals surface area (Å²) >= 11 is 0. The molecular formula is C19H28N3O6+. The fraction of sp³-hybridized carbons (Fsp3) is 0.526. The highest BCUT2D eigenvalue weighted by molar-refractivity contribution is 5.91. The van der Waals surface area contributed by atoms with Gasteiger partial charge in [-0.2, -0.15) is 0 Å². The van der Waals surface area contributed by atoms with Gasteiger partial charge in [0.15, 0.2) is 6.04 Å². The van der Waals surface area contributed by atoms with Gasteiger partial charge in [0, 0.05) is 13.5 Å². The van der Waals surface area contributed by atoms with Crippen LogP contribution in [0, 0.1) is 0 Å². The predicted octanol–water partition coefficient (Wildman–Crippen LogP) is -1.68. The number of nitrogens with one attached hydrogen (secondary N) is 1. The Morgan fingerprint density at radius 2 is 1.93 bits per heavy atom. The van der Waals surface area contributed by atoms with Gasteiger partial charge in [-0.15, -0.1) is 0 Å². The number of carbonyl (C=O) groups is 3. The highest BCUT2D eigenvalue weighted by Crippen LogP contribution is 2.13. The first-order valence-electron chi connectivity index (χ1n) is 9.11. The van der Waals surface area contributed by atoms with E-state index in [-0.39, 0.29) is 24.8 Å². The van der Waals surface area contributed by atoms with Gasteiger partial charge in [0.05, 0.1) is 27.3 Å². The van der Waals surface area contributed by atoms with Gasteiger partial charge in [-0.25, -0.2) is 4.79 Å². The summed E-state index contributed by atoms with van der Waals surface area (Å²) in [5.41, 5.74) is 0.846. The SMILES string of the molecule is COCC(=O)N1CC[NH2+]C[C@H]1C(=O)N[C@@H](Cc1ccc(OC)cc1)C(=O)OC. The summed E-state index contributed by atoms with van der Waals surface area (Å²) in [6, 6.07) is 5.69. The molecule has 9 heteroatoms. The molecule has 2 rings (SSSR count). The van der Waals surface area contributed by atoms with Crippen LogP contribution in [0.2, 0.25) is 0 Å². The lowest BCUT2D eigenvalue weighted by Crippen LogP contribution is -2.93. The van der Waals surface area contributed by atoms with Crippen molar-refractivity contribution in [2.75, 3.05) is 47.6 Å². The van der Waals surface area contributed by atoms with Crippen LogP contribution in [0.1, 0.15) is 5.56 Å². The molecule has 1 fully saturated rings. The number of quaternary nitrogens is 1. The molecule has 1 aromatic carbocycles. The molecule has 9 nitrogen and oxygen atoms in total. The van der Waals surface area contributed by atoms with Gasteiger partial charge in [-0.1, -0.05) is 12.1 Å². The van der Waals surface area contributed by atoms with Crippen molar-refractivity contribution >= 4 is 17.8 Å². The Balaban J connectivity index is 2.09. The molecule has 2 atom stereocenters.